The van der Waals surface area contributed by atoms with Crippen molar-refractivity contribution >= 4 is 35.1 Å². The van der Waals surface area contributed by atoms with Gasteiger partial charge in [-0.15, -0.1) is 0 Å². The quantitative estimate of drug-likeness (QED) is 0.428. The summed E-state index contributed by atoms with van der Waals surface area (Å²) in [6.45, 7) is 0.391. The van der Waals surface area contributed by atoms with Crippen LogP contribution in [0.5, 0.6) is 0 Å². The maximum absolute atomic E-state index is 12.5. The van der Waals surface area contributed by atoms with E-state index in [-0.39, 0.29) is 11.9 Å². The molecule has 1 aromatic carbocycles. The standard InChI is InChI=1S/C21H16Cl2N6O/c22-15-5-13(6-16(23)8-15)17-11-28-21(24)29-19(17)14-7-18(26-10-14)20(30)27-9-12-1-3-25-4-2-12/h1-8,10-11,26H,9H2,(H,27,30)(H2,24,28,29). The van der Waals surface area contributed by atoms with Crippen molar-refractivity contribution in [2.45, 2.75) is 6.54 Å². The van der Waals surface area contributed by atoms with Crippen LogP contribution in [0.3, 0.4) is 0 Å². The average molecular weight is 439 g/mol. The third-order valence-corrected chi connectivity index (χ3v) is 4.82. The van der Waals surface area contributed by atoms with Gasteiger partial charge in [0.05, 0.1) is 5.69 Å². The predicted molar refractivity (Wildman–Crippen MR) is 117 cm³/mol. The molecular formula is C21H16Cl2N6O. The van der Waals surface area contributed by atoms with Crippen molar-refractivity contribution < 1.29 is 4.79 Å². The molecule has 7 nitrogen and oxygen atoms in total. The Labute approximate surface area is 182 Å². The van der Waals surface area contributed by atoms with Crippen molar-refractivity contribution in [2.24, 2.45) is 0 Å². The number of aromatic amines is 1. The van der Waals surface area contributed by atoms with Crippen molar-refractivity contribution in [1.29, 1.82) is 0 Å². The monoisotopic (exact) mass is 438 g/mol. The van der Waals surface area contributed by atoms with Gasteiger partial charge in [0.1, 0.15) is 5.69 Å². The second kappa shape index (κ2) is 8.52. The van der Waals surface area contributed by atoms with Crippen molar-refractivity contribution in [3.8, 4) is 22.4 Å². The lowest BCUT2D eigenvalue weighted by molar-refractivity contribution is 0.0946. The third-order valence-electron chi connectivity index (χ3n) is 4.38. The second-order valence-electron chi connectivity index (χ2n) is 6.49. The molecule has 0 unspecified atom stereocenters. The van der Waals surface area contributed by atoms with Crippen LogP contribution in [0.1, 0.15) is 16.1 Å². The molecule has 4 N–H and O–H groups in total. The lowest BCUT2D eigenvalue weighted by Gasteiger charge is -2.09. The third kappa shape index (κ3) is 4.42. The zero-order valence-corrected chi connectivity index (χ0v) is 17.1. The topological polar surface area (TPSA) is 110 Å². The lowest BCUT2D eigenvalue weighted by atomic mass is 10.0. The van der Waals surface area contributed by atoms with E-state index in [0.717, 1.165) is 11.1 Å². The summed E-state index contributed by atoms with van der Waals surface area (Å²) < 4.78 is 0. The summed E-state index contributed by atoms with van der Waals surface area (Å²) in [5.74, 6) is -0.126. The number of pyridine rings is 1. The van der Waals surface area contributed by atoms with Crippen LogP contribution >= 0.6 is 23.2 Å². The van der Waals surface area contributed by atoms with Crippen LogP contribution in [-0.4, -0.2) is 25.8 Å². The second-order valence-corrected chi connectivity index (χ2v) is 7.36. The van der Waals surface area contributed by atoms with Crippen molar-refractivity contribution in [3.63, 3.8) is 0 Å². The summed E-state index contributed by atoms with van der Waals surface area (Å²) in [6.07, 6.45) is 6.66. The minimum atomic E-state index is -0.243. The first-order chi connectivity index (χ1) is 14.5. The predicted octanol–water partition coefficient (Wildman–Crippen LogP) is 4.35. The van der Waals surface area contributed by atoms with Crippen LogP contribution in [0.2, 0.25) is 10.0 Å². The van der Waals surface area contributed by atoms with E-state index in [0.29, 0.717) is 39.1 Å². The van der Waals surface area contributed by atoms with Gasteiger partial charge in [0.2, 0.25) is 5.95 Å². The number of amides is 1. The Kier molecular flexibility index (Phi) is 5.65. The van der Waals surface area contributed by atoms with Crippen LogP contribution in [0.15, 0.2) is 61.2 Å². The fraction of sp³-hybridized carbons (Fsp3) is 0.0476. The number of aromatic nitrogens is 4. The van der Waals surface area contributed by atoms with E-state index in [1.165, 1.54) is 0 Å². The molecule has 9 heteroatoms. The molecule has 0 saturated heterocycles. The molecule has 150 valence electrons. The molecule has 0 saturated carbocycles. The van der Waals surface area contributed by atoms with Crippen molar-refractivity contribution in [2.75, 3.05) is 5.73 Å². The van der Waals surface area contributed by atoms with Crippen molar-refractivity contribution in [1.82, 2.24) is 25.3 Å². The van der Waals surface area contributed by atoms with Gasteiger partial charge in [-0.05, 0) is 47.5 Å². The van der Waals surface area contributed by atoms with Gasteiger partial charge in [0.25, 0.3) is 5.91 Å². The van der Waals surface area contributed by atoms with Gasteiger partial charge < -0.3 is 16.0 Å². The number of benzene rings is 1. The number of rotatable bonds is 5. The zero-order chi connectivity index (χ0) is 21.1. The van der Waals surface area contributed by atoms with Crippen LogP contribution in [-0.2, 0) is 6.54 Å². The van der Waals surface area contributed by atoms with Crippen LogP contribution < -0.4 is 11.1 Å². The van der Waals surface area contributed by atoms with Crippen LogP contribution in [0, 0.1) is 0 Å². The smallest absolute Gasteiger partial charge is 0.267 e. The van der Waals surface area contributed by atoms with E-state index >= 15 is 0 Å². The van der Waals surface area contributed by atoms with E-state index in [2.05, 4.69) is 25.3 Å². The normalized spacial score (nSPS) is 10.7. The summed E-state index contributed by atoms with van der Waals surface area (Å²) in [6, 6.07) is 10.6. The fourth-order valence-electron chi connectivity index (χ4n) is 2.98. The molecule has 0 bridgehead atoms. The number of carbonyl (C=O) groups is 1. The Hall–Kier alpha value is -3.42. The first-order valence-corrected chi connectivity index (χ1v) is 9.70. The Morgan fingerprint density at radius 1 is 1.07 bits per heavy atom. The van der Waals surface area contributed by atoms with Gasteiger partial charge in [-0.1, -0.05) is 23.2 Å². The molecule has 0 aliphatic rings. The number of H-pyrrole nitrogens is 1. The van der Waals surface area contributed by atoms with E-state index in [1.807, 2.05) is 12.1 Å². The molecule has 0 atom stereocenters. The molecule has 4 aromatic rings. The molecule has 4 rings (SSSR count). The highest BCUT2D eigenvalue weighted by atomic mass is 35.5. The highest BCUT2D eigenvalue weighted by Crippen LogP contribution is 2.34. The number of nitrogens with two attached hydrogens (primary N) is 1. The van der Waals surface area contributed by atoms with E-state index in [4.69, 9.17) is 28.9 Å². The minimum Gasteiger partial charge on any atom is -0.368 e. The van der Waals surface area contributed by atoms with Crippen LogP contribution in [0.25, 0.3) is 22.4 Å². The Morgan fingerprint density at radius 2 is 1.80 bits per heavy atom. The summed E-state index contributed by atoms with van der Waals surface area (Å²) in [4.78, 5) is 27.9. The molecule has 0 aliphatic heterocycles. The number of anilines is 1. The average Bonchev–Trinajstić information content (AvgIpc) is 3.22. The number of carbonyl (C=O) groups excluding carboxylic acids is 1. The molecule has 1 amide bonds. The molecule has 3 heterocycles. The van der Waals surface area contributed by atoms with Gasteiger partial charge in [-0.3, -0.25) is 9.78 Å². The number of hydrogen-bond acceptors (Lipinski definition) is 5. The number of hydrogen-bond donors (Lipinski definition) is 3. The molecule has 0 spiro atoms. The van der Waals surface area contributed by atoms with Gasteiger partial charge >= 0.3 is 0 Å². The van der Waals surface area contributed by atoms with Gasteiger partial charge in [-0.2, -0.15) is 0 Å². The van der Waals surface area contributed by atoms with Crippen LogP contribution in [0.4, 0.5) is 5.95 Å². The number of halogens is 2. The van der Waals surface area contributed by atoms with Gasteiger partial charge in [-0.25, -0.2) is 9.97 Å². The fourth-order valence-corrected chi connectivity index (χ4v) is 3.50. The molecule has 0 radical (unpaired) electrons. The molecule has 3 aromatic heterocycles. The molecule has 0 fully saturated rings. The summed E-state index contributed by atoms with van der Waals surface area (Å²) in [5, 5.41) is 3.84. The highest BCUT2D eigenvalue weighted by molar-refractivity contribution is 6.35. The first kappa shape index (κ1) is 19.9. The summed E-state index contributed by atoms with van der Waals surface area (Å²) in [5.41, 5.74) is 9.84. The van der Waals surface area contributed by atoms with Gasteiger partial charge in [0, 0.05) is 52.5 Å². The Morgan fingerprint density at radius 3 is 2.53 bits per heavy atom. The summed E-state index contributed by atoms with van der Waals surface area (Å²) in [7, 11) is 0. The molecule has 30 heavy (non-hydrogen) atoms. The SMILES string of the molecule is Nc1ncc(-c2cc(Cl)cc(Cl)c2)c(-c2c[nH]c(C(=O)NCc3ccncc3)c2)n1. The number of nitrogens with zero attached hydrogens (tertiary/aromatic N) is 3. The maximum Gasteiger partial charge on any atom is 0.267 e. The Balaban J connectivity index is 1.63. The first-order valence-electron chi connectivity index (χ1n) is 8.94. The lowest BCUT2D eigenvalue weighted by Crippen LogP contribution is -2.23. The highest BCUT2D eigenvalue weighted by Gasteiger charge is 2.16. The zero-order valence-electron chi connectivity index (χ0n) is 15.6. The molecular weight excluding hydrogens is 423 g/mol. The van der Waals surface area contributed by atoms with E-state index in [1.54, 1.807) is 49.1 Å². The maximum atomic E-state index is 12.5. The number of nitrogen functional groups attached to an aromatic ring is 1. The van der Waals surface area contributed by atoms with Gasteiger partial charge in [0.15, 0.2) is 0 Å². The van der Waals surface area contributed by atoms with E-state index in [9.17, 15) is 4.79 Å². The minimum absolute atomic E-state index is 0.117. The van der Waals surface area contributed by atoms with E-state index < -0.39 is 0 Å². The van der Waals surface area contributed by atoms with Crippen molar-refractivity contribution in [3.05, 3.63) is 82.5 Å². The summed E-state index contributed by atoms with van der Waals surface area (Å²) >= 11 is 12.3. The number of nitrogens with one attached hydrogen (secondary N) is 2. The largest absolute Gasteiger partial charge is 0.368 e. The molecule has 0 aliphatic carbocycles. The Bertz CT molecular complexity index is 1190.